The molecular formula is C24H23N3O2. The zero-order valence-electron chi connectivity index (χ0n) is 16.8. The molecule has 0 saturated heterocycles. The second kappa shape index (κ2) is 7.51. The minimum absolute atomic E-state index is 0.137. The summed E-state index contributed by atoms with van der Waals surface area (Å²) in [5.41, 5.74) is 1.20. The van der Waals surface area contributed by atoms with Crippen LogP contribution in [0, 0.1) is 0 Å². The van der Waals surface area contributed by atoms with Gasteiger partial charge in [-0.1, -0.05) is 60.7 Å². The molecule has 0 aliphatic rings. The third-order valence-corrected chi connectivity index (χ3v) is 5.15. The molecule has 0 spiro atoms. The summed E-state index contributed by atoms with van der Waals surface area (Å²) in [5.74, 6) is -0.205. The van der Waals surface area contributed by atoms with E-state index in [9.17, 15) is 9.59 Å². The van der Waals surface area contributed by atoms with E-state index in [1.165, 1.54) is 4.68 Å². The molecule has 4 rings (SSSR count). The Morgan fingerprint density at radius 1 is 0.931 bits per heavy atom. The van der Waals surface area contributed by atoms with Crippen LogP contribution in [0.15, 0.2) is 71.5 Å². The van der Waals surface area contributed by atoms with Crippen LogP contribution in [0.4, 0.5) is 0 Å². The minimum Gasteiger partial charge on any atom is -0.336 e. The molecule has 0 bridgehead atoms. The zero-order valence-corrected chi connectivity index (χ0v) is 16.8. The molecule has 0 unspecified atom stereocenters. The van der Waals surface area contributed by atoms with Gasteiger partial charge in [-0.25, -0.2) is 4.68 Å². The molecule has 4 aromatic rings. The first-order chi connectivity index (χ1) is 14.0. The summed E-state index contributed by atoms with van der Waals surface area (Å²) < 4.78 is 1.39. The van der Waals surface area contributed by atoms with Crippen LogP contribution in [-0.4, -0.2) is 27.6 Å². The average Bonchev–Trinajstić information content (AvgIpc) is 2.73. The highest BCUT2D eigenvalue weighted by molar-refractivity contribution is 6.04. The van der Waals surface area contributed by atoms with Crippen molar-refractivity contribution in [3.63, 3.8) is 0 Å². The van der Waals surface area contributed by atoms with Crippen molar-refractivity contribution < 1.29 is 4.79 Å². The number of rotatable bonds is 4. The van der Waals surface area contributed by atoms with Gasteiger partial charge in [0.05, 0.1) is 11.4 Å². The lowest BCUT2D eigenvalue weighted by molar-refractivity contribution is 0.0779. The van der Waals surface area contributed by atoms with Crippen LogP contribution in [-0.2, 0) is 6.54 Å². The van der Waals surface area contributed by atoms with Gasteiger partial charge in [0.1, 0.15) is 0 Å². The van der Waals surface area contributed by atoms with Crippen molar-refractivity contribution in [3.8, 4) is 0 Å². The molecule has 5 nitrogen and oxygen atoms in total. The predicted molar refractivity (Wildman–Crippen MR) is 116 cm³/mol. The van der Waals surface area contributed by atoms with Gasteiger partial charge in [0, 0.05) is 19.0 Å². The van der Waals surface area contributed by atoms with E-state index in [4.69, 9.17) is 0 Å². The second-order valence-electron chi connectivity index (χ2n) is 7.54. The maximum absolute atomic E-state index is 13.3. The van der Waals surface area contributed by atoms with E-state index >= 15 is 0 Å². The largest absolute Gasteiger partial charge is 0.336 e. The van der Waals surface area contributed by atoms with Crippen molar-refractivity contribution in [1.29, 1.82) is 0 Å². The molecule has 29 heavy (non-hydrogen) atoms. The maximum Gasteiger partial charge on any atom is 0.274 e. The molecule has 3 aromatic carbocycles. The monoisotopic (exact) mass is 385 g/mol. The lowest BCUT2D eigenvalue weighted by Crippen LogP contribution is -2.32. The number of nitrogens with zero attached hydrogens (tertiary/aromatic N) is 3. The van der Waals surface area contributed by atoms with Crippen molar-refractivity contribution in [3.05, 3.63) is 88.3 Å². The van der Waals surface area contributed by atoms with E-state index < -0.39 is 0 Å². The van der Waals surface area contributed by atoms with Crippen LogP contribution in [0.1, 0.15) is 35.9 Å². The van der Waals surface area contributed by atoms with Gasteiger partial charge in [0.15, 0.2) is 5.69 Å². The van der Waals surface area contributed by atoms with Crippen LogP contribution in [0.5, 0.6) is 0 Å². The van der Waals surface area contributed by atoms with Crippen LogP contribution in [0.2, 0.25) is 0 Å². The number of hydrogen-bond acceptors (Lipinski definition) is 3. The Balaban J connectivity index is 1.77. The lowest BCUT2D eigenvalue weighted by Gasteiger charge is -2.20. The summed E-state index contributed by atoms with van der Waals surface area (Å²) in [6, 6.07) is 21.3. The molecule has 0 N–H and O–H groups in total. The molecule has 0 radical (unpaired) electrons. The molecule has 1 aromatic heterocycles. The molecule has 1 heterocycles. The van der Waals surface area contributed by atoms with Crippen molar-refractivity contribution in [2.45, 2.75) is 26.4 Å². The van der Waals surface area contributed by atoms with Gasteiger partial charge in [0.2, 0.25) is 0 Å². The third-order valence-electron chi connectivity index (χ3n) is 5.15. The highest BCUT2D eigenvalue weighted by Gasteiger charge is 2.21. The molecule has 5 heteroatoms. The molecule has 0 saturated carbocycles. The van der Waals surface area contributed by atoms with E-state index in [-0.39, 0.29) is 17.5 Å². The first kappa shape index (κ1) is 18.9. The number of hydrogen-bond donors (Lipinski definition) is 0. The molecule has 1 amide bonds. The minimum atomic E-state index is -0.205. The second-order valence-corrected chi connectivity index (χ2v) is 7.54. The van der Waals surface area contributed by atoms with E-state index in [1.54, 1.807) is 24.1 Å². The van der Waals surface area contributed by atoms with Gasteiger partial charge in [-0.05, 0) is 36.2 Å². The first-order valence-electron chi connectivity index (χ1n) is 9.71. The molecular weight excluding hydrogens is 362 g/mol. The Morgan fingerprint density at radius 3 is 2.28 bits per heavy atom. The summed E-state index contributed by atoms with van der Waals surface area (Å²) in [7, 11) is 1.77. The maximum atomic E-state index is 13.3. The summed E-state index contributed by atoms with van der Waals surface area (Å²) in [6.45, 7) is 4.23. The number of fused-ring (bicyclic) bond motifs is 2. The van der Waals surface area contributed by atoms with Crippen LogP contribution >= 0.6 is 0 Å². The number of amides is 1. The molecule has 146 valence electrons. The highest BCUT2D eigenvalue weighted by atomic mass is 16.2. The number of carbonyl (C=O) groups is 1. The van der Waals surface area contributed by atoms with E-state index in [0.717, 1.165) is 16.3 Å². The fourth-order valence-corrected chi connectivity index (χ4v) is 3.65. The first-order valence-corrected chi connectivity index (χ1v) is 9.71. The Hall–Kier alpha value is -3.47. The fourth-order valence-electron chi connectivity index (χ4n) is 3.65. The molecule has 0 fully saturated rings. The summed E-state index contributed by atoms with van der Waals surface area (Å²) >= 11 is 0. The normalized spacial score (nSPS) is 11.3. The molecule has 0 aliphatic heterocycles. The van der Waals surface area contributed by atoms with Crippen molar-refractivity contribution >= 4 is 27.5 Å². The van der Waals surface area contributed by atoms with Gasteiger partial charge < -0.3 is 4.90 Å². The lowest BCUT2D eigenvalue weighted by atomic mass is 10.0. The number of benzene rings is 3. The van der Waals surface area contributed by atoms with E-state index in [0.29, 0.717) is 23.0 Å². The third kappa shape index (κ3) is 3.40. The van der Waals surface area contributed by atoms with Gasteiger partial charge in [-0.15, -0.1) is 0 Å². The van der Waals surface area contributed by atoms with Crippen LogP contribution in [0.25, 0.3) is 21.5 Å². The fraction of sp³-hybridized carbons (Fsp3) is 0.208. The zero-order chi connectivity index (χ0) is 20.5. The highest BCUT2D eigenvalue weighted by Crippen LogP contribution is 2.21. The van der Waals surface area contributed by atoms with Crippen molar-refractivity contribution in [2.75, 3.05) is 7.05 Å². The molecule has 0 aliphatic carbocycles. The van der Waals surface area contributed by atoms with Crippen molar-refractivity contribution in [2.24, 2.45) is 0 Å². The summed E-state index contributed by atoms with van der Waals surface area (Å²) in [5, 5.41) is 7.80. The number of carbonyl (C=O) groups excluding carboxylic acids is 1. The summed E-state index contributed by atoms with van der Waals surface area (Å²) in [6.07, 6.45) is 0. The Labute approximate surface area is 169 Å². The standard InChI is InChI=1S/C24H23N3O2/c1-16(2)27-23(28)21-14-7-6-13-20(21)22(25-27)24(29)26(3)15-18-11-8-10-17-9-4-5-12-19(17)18/h4-14,16H,15H2,1-3H3. The Morgan fingerprint density at radius 2 is 1.55 bits per heavy atom. The van der Waals surface area contributed by atoms with Crippen LogP contribution in [0.3, 0.4) is 0 Å². The Bertz CT molecular complexity index is 1270. The Kier molecular flexibility index (Phi) is 4.89. The quantitative estimate of drug-likeness (QED) is 0.523. The summed E-state index contributed by atoms with van der Waals surface area (Å²) in [4.78, 5) is 27.7. The predicted octanol–water partition coefficient (Wildman–Crippen LogP) is 4.40. The smallest absolute Gasteiger partial charge is 0.274 e. The van der Waals surface area contributed by atoms with Gasteiger partial charge in [-0.2, -0.15) is 5.10 Å². The van der Waals surface area contributed by atoms with Gasteiger partial charge in [0.25, 0.3) is 11.5 Å². The van der Waals surface area contributed by atoms with Crippen molar-refractivity contribution in [1.82, 2.24) is 14.7 Å². The topological polar surface area (TPSA) is 55.2 Å². The number of aromatic nitrogens is 2. The SMILES string of the molecule is CC(C)n1nc(C(=O)N(C)Cc2cccc3ccccc23)c2ccccc2c1=O. The average molecular weight is 385 g/mol. The van der Waals surface area contributed by atoms with E-state index in [2.05, 4.69) is 23.3 Å². The van der Waals surface area contributed by atoms with Crippen LogP contribution < -0.4 is 5.56 Å². The van der Waals surface area contributed by atoms with Gasteiger partial charge >= 0.3 is 0 Å². The molecule has 0 atom stereocenters. The van der Waals surface area contributed by atoms with E-state index in [1.807, 2.05) is 50.2 Å². The van der Waals surface area contributed by atoms with Gasteiger partial charge in [-0.3, -0.25) is 9.59 Å².